The third kappa shape index (κ3) is 8.36. The van der Waals surface area contributed by atoms with Crippen LogP contribution in [-0.2, 0) is 19.3 Å². The van der Waals surface area contributed by atoms with Gasteiger partial charge in [-0.25, -0.2) is 0 Å². The third-order valence-corrected chi connectivity index (χ3v) is 7.11. The van der Waals surface area contributed by atoms with E-state index in [-0.39, 0.29) is 0 Å². The highest BCUT2D eigenvalue weighted by Crippen LogP contribution is 2.36. The molecule has 0 aliphatic heterocycles. The zero-order valence-electron chi connectivity index (χ0n) is 20.3. The van der Waals surface area contributed by atoms with Gasteiger partial charge in [-0.15, -0.1) is 0 Å². The first-order chi connectivity index (χ1) is 14.9. The van der Waals surface area contributed by atoms with Crippen LogP contribution in [0.2, 0.25) is 0 Å². The monoisotopic (exact) mass is 420 g/mol. The van der Waals surface area contributed by atoms with Crippen molar-refractivity contribution in [2.45, 2.75) is 85.5 Å². The summed E-state index contributed by atoms with van der Waals surface area (Å²) >= 11 is 0. The van der Waals surface area contributed by atoms with E-state index in [9.17, 15) is 5.11 Å². The van der Waals surface area contributed by atoms with E-state index in [1.54, 1.807) is 12.1 Å². The maximum absolute atomic E-state index is 9.48. The molecule has 1 N–H and O–H groups in total. The van der Waals surface area contributed by atoms with E-state index in [1.807, 2.05) is 12.1 Å². The minimum atomic E-state index is 0.349. The van der Waals surface area contributed by atoms with Gasteiger partial charge in [-0.05, 0) is 96.9 Å². The van der Waals surface area contributed by atoms with Crippen molar-refractivity contribution in [3.8, 4) is 5.75 Å². The summed E-state index contributed by atoms with van der Waals surface area (Å²) in [5.41, 5.74) is 4.28. The molecule has 0 aromatic heterocycles. The first-order valence-electron chi connectivity index (χ1n) is 12.7. The van der Waals surface area contributed by atoms with Crippen LogP contribution in [0, 0.1) is 29.6 Å². The molecule has 3 rings (SSSR count). The second-order valence-electron chi connectivity index (χ2n) is 11.1. The lowest BCUT2D eigenvalue weighted by Gasteiger charge is -2.31. The normalized spacial score (nSPS) is 21.2. The van der Waals surface area contributed by atoms with Gasteiger partial charge in [0.2, 0.25) is 0 Å². The molecule has 0 spiro atoms. The summed E-state index contributed by atoms with van der Waals surface area (Å²) in [6, 6.07) is 17.0. The topological polar surface area (TPSA) is 20.2 Å². The maximum atomic E-state index is 9.48. The molecule has 2 aromatic carbocycles. The van der Waals surface area contributed by atoms with Crippen molar-refractivity contribution in [3.63, 3.8) is 0 Å². The molecule has 0 heterocycles. The van der Waals surface area contributed by atoms with Crippen LogP contribution in [0.15, 0.2) is 48.5 Å². The number of aromatic hydroxyl groups is 1. The molecule has 2 aromatic rings. The summed E-state index contributed by atoms with van der Waals surface area (Å²) in [7, 11) is 0. The number of hydrogen-bond acceptors (Lipinski definition) is 1. The van der Waals surface area contributed by atoms with Gasteiger partial charge in [0.05, 0.1) is 0 Å². The summed E-state index contributed by atoms with van der Waals surface area (Å²) in [6.45, 7) is 9.56. The third-order valence-electron chi connectivity index (χ3n) is 7.11. The fraction of sp³-hybridized carbons (Fsp3) is 0.600. The van der Waals surface area contributed by atoms with Crippen molar-refractivity contribution in [1.82, 2.24) is 0 Å². The Hall–Kier alpha value is -1.76. The fourth-order valence-corrected chi connectivity index (χ4v) is 5.94. The van der Waals surface area contributed by atoms with E-state index in [4.69, 9.17) is 0 Å². The summed E-state index contributed by atoms with van der Waals surface area (Å²) in [6.07, 6.45) is 12.0. The second-order valence-corrected chi connectivity index (χ2v) is 11.1. The number of phenols is 1. The molecular formula is C30H44O. The maximum Gasteiger partial charge on any atom is 0.115 e. The van der Waals surface area contributed by atoms with Gasteiger partial charge in [0.25, 0.3) is 0 Å². The van der Waals surface area contributed by atoms with Crippen molar-refractivity contribution < 1.29 is 5.11 Å². The summed E-state index contributed by atoms with van der Waals surface area (Å²) in [5.74, 6) is 4.48. The van der Waals surface area contributed by atoms with Gasteiger partial charge in [-0.2, -0.15) is 0 Å². The van der Waals surface area contributed by atoms with Gasteiger partial charge < -0.3 is 5.11 Å². The standard InChI is InChI=1S/C30H44O/c1-22(2)15-26-7-5-8-27(20-26)18-24(4)19-29-10-6-9-28(21-29)17-23(3)16-25-11-13-30(31)14-12-25/h6,9-14,21-24,26-27,31H,5,7-8,15-20H2,1-4H3. The predicted molar refractivity (Wildman–Crippen MR) is 134 cm³/mol. The van der Waals surface area contributed by atoms with Gasteiger partial charge in [-0.1, -0.05) is 83.4 Å². The molecule has 170 valence electrons. The van der Waals surface area contributed by atoms with Crippen LogP contribution in [0.25, 0.3) is 0 Å². The van der Waals surface area contributed by atoms with E-state index in [0.717, 1.165) is 36.5 Å². The highest BCUT2D eigenvalue weighted by molar-refractivity contribution is 5.27. The Balaban J connectivity index is 1.48. The Bertz CT molecular complexity index is 775. The van der Waals surface area contributed by atoms with Crippen LogP contribution in [0.5, 0.6) is 5.75 Å². The lowest BCUT2D eigenvalue weighted by atomic mass is 9.74. The van der Waals surface area contributed by atoms with E-state index in [2.05, 4.69) is 52.0 Å². The molecule has 0 amide bonds. The van der Waals surface area contributed by atoms with E-state index >= 15 is 0 Å². The number of benzene rings is 2. The van der Waals surface area contributed by atoms with Gasteiger partial charge in [0.15, 0.2) is 0 Å². The highest BCUT2D eigenvalue weighted by atomic mass is 16.3. The summed E-state index contributed by atoms with van der Waals surface area (Å²) < 4.78 is 0. The van der Waals surface area contributed by atoms with Gasteiger partial charge in [0.1, 0.15) is 5.75 Å². The molecule has 1 heteroatoms. The minimum Gasteiger partial charge on any atom is -0.508 e. The Morgan fingerprint density at radius 1 is 0.742 bits per heavy atom. The Morgan fingerprint density at radius 3 is 1.97 bits per heavy atom. The number of hydrogen-bond donors (Lipinski definition) is 1. The van der Waals surface area contributed by atoms with Crippen molar-refractivity contribution >= 4 is 0 Å². The van der Waals surface area contributed by atoms with Crippen LogP contribution in [0.1, 0.15) is 82.9 Å². The molecule has 0 radical (unpaired) electrons. The van der Waals surface area contributed by atoms with Crippen LogP contribution >= 0.6 is 0 Å². The van der Waals surface area contributed by atoms with Crippen molar-refractivity contribution in [1.29, 1.82) is 0 Å². The molecule has 4 atom stereocenters. The van der Waals surface area contributed by atoms with Crippen molar-refractivity contribution in [3.05, 3.63) is 65.2 Å². The van der Waals surface area contributed by atoms with Gasteiger partial charge >= 0.3 is 0 Å². The average molecular weight is 421 g/mol. The first-order valence-corrected chi connectivity index (χ1v) is 12.7. The molecule has 4 unspecified atom stereocenters. The van der Waals surface area contributed by atoms with Gasteiger partial charge in [0, 0.05) is 0 Å². The number of rotatable bonds is 10. The molecule has 0 saturated heterocycles. The highest BCUT2D eigenvalue weighted by Gasteiger charge is 2.24. The van der Waals surface area contributed by atoms with Crippen molar-refractivity contribution in [2.75, 3.05) is 0 Å². The molecular weight excluding hydrogens is 376 g/mol. The largest absolute Gasteiger partial charge is 0.508 e. The van der Waals surface area contributed by atoms with Gasteiger partial charge in [-0.3, -0.25) is 0 Å². The lowest BCUT2D eigenvalue weighted by molar-refractivity contribution is 0.209. The smallest absolute Gasteiger partial charge is 0.115 e. The Morgan fingerprint density at radius 2 is 1.32 bits per heavy atom. The zero-order valence-corrected chi connectivity index (χ0v) is 20.3. The Kier molecular flexibility index (Phi) is 9.05. The summed E-state index contributed by atoms with van der Waals surface area (Å²) in [5, 5.41) is 9.48. The quantitative estimate of drug-likeness (QED) is 0.410. The van der Waals surface area contributed by atoms with Crippen molar-refractivity contribution in [2.24, 2.45) is 29.6 Å². The molecule has 1 aliphatic rings. The lowest BCUT2D eigenvalue weighted by Crippen LogP contribution is -2.19. The minimum absolute atomic E-state index is 0.349. The Labute approximate surface area is 191 Å². The predicted octanol–water partition coefficient (Wildman–Crippen LogP) is 8.23. The van der Waals surface area contributed by atoms with Crippen LogP contribution in [-0.4, -0.2) is 5.11 Å². The zero-order chi connectivity index (χ0) is 22.2. The number of phenolic OH excluding ortho intramolecular Hbond substituents is 1. The molecule has 31 heavy (non-hydrogen) atoms. The molecule has 1 aliphatic carbocycles. The fourth-order valence-electron chi connectivity index (χ4n) is 5.94. The molecule has 0 bridgehead atoms. The first kappa shape index (κ1) is 23.9. The second kappa shape index (κ2) is 11.7. The molecule has 1 nitrogen and oxygen atoms in total. The van der Waals surface area contributed by atoms with E-state index in [0.29, 0.717) is 11.7 Å². The van der Waals surface area contributed by atoms with E-state index in [1.165, 1.54) is 61.6 Å². The molecule has 1 fully saturated rings. The molecule has 1 saturated carbocycles. The van der Waals surface area contributed by atoms with Crippen LogP contribution in [0.3, 0.4) is 0 Å². The van der Waals surface area contributed by atoms with Crippen LogP contribution in [0.4, 0.5) is 0 Å². The van der Waals surface area contributed by atoms with Crippen LogP contribution < -0.4 is 0 Å². The van der Waals surface area contributed by atoms with E-state index < -0.39 is 0 Å². The SMILES string of the molecule is CC(C)CC1CCCC(CC(C)Cc2cccc(CC(C)Cc3ccc(O)cc3)c2)C1. The summed E-state index contributed by atoms with van der Waals surface area (Å²) in [4.78, 5) is 0. The average Bonchev–Trinajstić information content (AvgIpc) is 2.69.